The smallest absolute Gasteiger partial charge is 0.658 e. The summed E-state index contributed by atoms with van der Waals surface area (Å²) in [6.07, 6.45) is 1.59. The summed E-state index contributed by atoms with van der Waals surface area (Å²) in [7, 11) is 1.45. The number of alkyl halides is 1. The van der Waals surface area contributed by atoms with Crippen molar-refractivity contribution in [1.29, 1.82) is 0 Å². The van der Waals surface area contributed by atoms with Crippen molar-refractivity contribution in [3.8, 4) is 0 Å². The molecule has 0 aromatic rings. The molecule has 6 heteroatoms. The Bertz CT molecular complexity index is 251. The van der Waals surface area contributed by atoms with Gasteiger partial charge in [-0.15, -0.1) is 12.1 Å². The van der Waals surface area contributed by atoms with Crippen LogP contribution < -0.4 is 18.9 Å². The van der Waals surface area contributed by atoms with Crippen molar-refractivity contribution >= 4 is 28.6 Å². The average molecular weight is 391 g/mol. The Morgan fingerprint density at radius 1 is 1.25 bits per heavy atom. The molecule has 0 radical (unpaired) electrons. The van der Waals surface area contributed by atoms with E-state index in [4.69, 9.17) is 9.47 Å². The second-order valence-corrected chi connectivity index (χ2v) is 6.12. The second kappa shape index (κ2) is 12.3. The third-order valence-electron chi connectivity index (χ3n) is 2.92. The van der Waals surface area contributed by atoms with E-state index in [2.05, 4.69) is 55.6 Å². The maximum atomic E-state index is 11.4. The molecule has 1 rings (SSSR count). The first-order valence-corrected chi connectivity index (χ1v) is 8.32. The Balaban J connectivity index is 0. The first kappa shape index (κ1) is 23.0. The Kier molecular flexibility index (Phi) is 14.1. The zero-order valence-electron chi connectivity index (χ0n) is 13.7. The van der Waals surface area contributed by atoms with Crippen LogP contribution in [0.5, 0.6) is 0 Å². The predicted molar refractivity (Wildman–Crippen MR) is 87.0 cm³/mol. The molecule has 4 nitrogen and oxygen atoms in total. The summed E-state index contributed by atoms with van der Waals surface area (Å²) in [6, 6.07) is 1.000. The van der Waals surface area contributed by atoms with Crippen LogP contribution in [0.25, 0.3) is 5.32 Å². The van der Waals surface area contributed by atoms with Crippen LogP contribution in [0.4, 0.5) is 0 Å². The number of nitrogens with zero attached hydrogens (tertiary/aromatic N) is 1. The quantitative estimate of drug-likeness (QED) is 0.305. The largest absolute Gasteiger partial charge is 1.00 e. The number of esters is 1. The topological polar surface area (TPSA) is 49.6 Å². The van der Waals surface area contributed by atoms with E-state index in [0.29, 0.717) is 25.3 Å². The van der Waals surface area contributed by atoms with Crippen molar-refractivity contribution in [2.75, 3.05) is 24.8 Å². The maximum absolute atomic E-state index is 11.4. The number of hydrogen-bond acceptors (Lipinski definition) is 3. The number of methoxy groups -OCH3 is 1. The third kappa shape index (κ3) is 8.88. The average Bonchev–Trinajstić information content (AvgIpc) is 2.37. The van der Waals surface area contributed by atoms with E-state index in [1.807, 2.05) is 0 Å². The molecule has 1 aliphatic heterocycles. The zero-order chi connectivity index (χ0) is 14.9. The summed E-state index contributed by atoms with van der Waals surface area (Å²) in [5, 5.41) is 4.28. The first-order valence-electron chi connectivity index (χ1n) is 6.80. The summed E-state index contributed by atoms with van der Waals surface area (Å²) < 4.78 is 10.8. The Morgan fingerprint density at radius 2 is 1.70 bits per heavy atom. The number of ether oxygens (including phenoxy) is 2. The molecule has 20 heavy (non-hydrogen) atoms. The van der Waals surface area contributed by atoms with Crippen molar-refractivity contribution in [1.82, 2.24) is 0 Å². The van der Waals surface area contributed by atoms with Gasteiger partial charge < -0.3 is 14.8 Å². The van der Waals surface area contributed by atoms with Crippen LogP contribution >= 0.6 is 22.6 Å². The van der Waals surface area contributed by atoms with Crippen LogP contribution in [-0.4, -0.2) is 42.8 Å². The van der Waals surface area contributed by atoms with Gasteiger partial charge in [0.05, 0.1) is 12.5 Å². The summed E-state index contributed by atoms with van der Waals surface area (Å²) in [5.74, 6) is -0.0831. The maximum Gasteiger partial charge on any atom is 1.00 e. The number of hydrogen-bond donors (Lipinski definition) is 0. The van der Waals surface area contributed by atoms with E-state index in [1.165, 1.54) is 7.11 Å². The minimum atomic E-state index is -0.270. The van der Waals surface area contributed by atoms with Crippen molar-refractivity contribution in [2.45, 2.75) is 52.6 Å². The number of carbonyl (C=O) groups is 1. The second-order valence-electron chi connectivity index (χ2n) is 5.35. The molecule has 0 saturated carbocycles. The first-order chi connectivity index (χ1) is 8.88. The molecule has 1 aliphatic rings. The van der Waals surface area contributed by atoms with E-state index in [0.717, 1.165) is 17.3 Å². The zero-order valence-corrected chi connectivity index (χ0v) is 15.9. The number of rotatable bonds is 4. The fourth-order valence-electron chi connectivity index (χ4n) is 1.97. The van der Waals surface area contributed by atoms with E-state index < -0.39 is 0 Å². The number of carbonyl (C=O) groups excluding carboxylic acids is 1. The van der Waals surface area contributed by atoms with Crippen molar-refractivity contribution < 1.29 is 33.1 Å². The fourth-order valence-corrected chi connectivity index (χ4v) is 3.04. The number of halogens is 1. The molecule has 0 aromatic heterocycles. The van der Waals surface area contributed by atoms with Gasteiger partial charge in [0.1, 0.15) is 0 Å². The Hall–Kier alpha value is 0.717. The van der Waals surface area contributed by atoms with Gasteiger partial charge in [-0.25, -0.2) is 0 Å². The van der Waals surface area contributed by atoms with Crippen LogP contribution in [0, 0.1) is 5.41 Å². The molecule has 0 spiro atoms. The minimum Gasteiger partial charge on any atom is -0.658 e. The van der Waals surface area contributed by atoms with Crippen molar-refractivity contribution in [2.24, 2.45) is 5.41 Å². The minimum absolute atomic E-state index is 0. The van der Waals surface area contributed by atoms with Gasteiger partial charge in [-0.05, 0) is 12.8 Å². The molecule has 0 amide bonds. The van der Waals surface area contributed by atoms with Crippen molar-refractivity contribution in [3.05, 3.63) is 5.32 Å². The standard InChI is InChI=1S/C8H13IO3.C6H14N.Li/c1-11-7(10)8(6-9)2-4-12-5-3-8;1-5(2)7-6(3)4;/h2-6H2,1H3;5-6H,1-4H3;/q;-1;+1. The molecule has 1 fully saturated rings. The van der Waals surface area contributed by atoms with E-state index in [9.17, 15) is 4.79 Å². The molecule has 114 valence electrons. The summed E-state index contributed by atoms with van der Waals surface area (Å²) in [6.45, 7) is 9.75. The van der Waals surface area contributed by atoms with Gasteiger partial charge in [0, 0.05) is 17.6 Å². The third-order valence-corrected chi connectivity index (χ3v) is 4.38. The van der Waals surface area contributed by atoms with Gasteiger partial charge in [-0.2, -0.15) is 0 Å². The van der Waals surface area contributed by atoms with Gasteiger partial charge in [0.15, 0.2) is 0 Å². The Morgan fingerprint density at radius 3 is 1.95 bits per heavy atom. The normalized spacial score (nSPS) is 17.0. The molecule has 0 atom stereocenters. The van der Waals surface area contributed by atoms with Crippen LogP contribution in [0.1, 0.15) is 40.5 Å². The molecule has 0 aliphatic carbocycles. The molecular formula is C14H27ILiNO3. The fraction of sp³-hybridized carbons (Fsp3) is 0.929. The molecule has 0 unspecified atom stereocenters. The van der Waals surface area contributed by atoms with E-state index in [1.54, 1.807) is 0 Å². The van der Waals surface area contributed by atoms with Gasteiger partial charge in [0.25, 0.3) is 0 Å². The Labute approximate surface area is 149 Å². The van der Waals surface area contributed by atoms with Crippen LogP contribution in [0.3, 0.4) is 0 Å². The van der Waals surface area contributed by atoms with Gasteiger partial charge in [-0.3, -0.25) is 4.79 Å². The molecular weight excluding hydrogens is 364 g/mol. The van der Waals surface area contributed by atoms with E-state index in [-0.39, 0.29) is 30.2 Å². The van der Waals surface area contributed by atoms with Crippen LogP contribution in [-0.2, 0) is 14.3 Å². The summed E-state index contributed by atoms with van der Waals surface area (Å²) >= 11 is 2.24. The SMILES string of the molecule is CC(C)[N-]C(C)C.COC(=O)C1(CI)CCOCC1.[Li+]. The predicted octanol–water partition coefficient (Wildman–Crippen LogP) is 0.572. The van der Waals surface area contributed by atoms with Crippen LogP contribution in [0.2, 0.25) is 0 Å². The summed E-state index contributed by atoms with van der Waals surface area (Å²) in [4.78, 5) is 11.4. The molecule has 1 saturated heterocycles. The summed E-state index contributed by atoms with van der Waals surface area (Å²) in [5.41, 5.74) is -0.270. The van der Waals surface area contributed by atoms with Gasteiger partial charge >= 0.3 is 24.8 Å². The molecule has 0 N–H and O–H groups in total. The molecule has 1 heterocycles. The van der Waals surface area contributed by atoms with Gasteiger partial charge in [0.2, 0.25) is 0 Å². The monoisotopic (exact) mass is 391 g/mol. The van der Waals surface area contributed by atoms with Crippen molar-refractivity contribution in [3.63, 3.8) is 0 Å². The molecule has 0 aromatic carbocycles. The van der Waals surface area contributed by atoms with Gasteiger partial charge in [-0.1, -0.05) is 50.3 Å². The molecule has 0 bridgehead atoms. The van der Waals surface area contributed by atoms with Crippen LogP contribution in [0.15, 0.2) is 0 Å². The van der Waals surface area contributed by atoms with E-state index >= 15 is 0 Å².